The van der Waals surface area contributed by atoms with E-state index in [2.05, 4.69) is 15.4 Å². The number of ether oxygens (including phenoxy) is 2. The fourth-order valence-corrected chi connectivity index (χ4v) is 1.71. The van der Waals surface area contributed by atoms with Crippen molar-refractivity contribution in [1.82, 2.24) is 5.32 Å². The smallest absolute Gasteiger partial charge is 0.339 e. The SMILES string of the molecule is COCCNCC(=O)Nc1ccc(C(=O)OC)c(Cl)c1.Cl. The molecule has 0 fully saturated rings. The minimum Gasteiger partial charge on any atom is -0.465 e. The van der Waals surface area contributed by atoms with Crippen LogP contribution in [0.1, 0.15) is 10.4 Å². The third kappa shape index (κ3) is 6.77. The van der Waals surface area contributed by atoms with Crippen molar-refractivity contribution in [3.05, 3.63) is 28.8 Å². The van der Waals surface area contributed by atoms with Crippen LogP contribution in [0.15, 0.2) is 18.2 Å². The van der Waals surface area contributed by atoms with Gasteiger partial charge in [-0.15, -0.1) is 12.4 Å². The van der Waals surface area contributed by atoms with Crippen molar-refractivity contribution < 1.29 is 19.1 Å². The lowest BCUT2D eigenvalue weighted by molar-refractivity contribution is -0.115. The highest BCUT2D eigenvalue weighted by Crippen LogP contribution is 2.21. The number of amides is 1. The van der Waals surface area contributed by atoms with E-state index in [0.717, 1.165) is 0 Å². The summed E-state index contributed by atoms with van der Waals surface area (Å²) in [5.41, 5.74) is 0.770. The zero-order valence-electron chi connectivity index (χ0n) is 11.8. The van der Waals surface area contributed by atoms with Gasteiger partial charge in [0, 0.05) is 19.3 Å². The van der Waals surface area contributed by atoms with Gasteiger partial charge < -0.3 is 20.1 Å². The summed E-state index contributed by atoms with van der Waals surface area (Å²) in [5, 5.41) is 5.80. The van der Waals surface area contributed by atoms with E-state index >= 15 is 0 Å². The number of methoxy groups -OCH3 is 2. The van der Waals surface area contributed by atoms with Gasteiger partial charge in [0.05, 0.1) is 30.8 Å². The number of anilines is 1. The predicted octanol–water partition coefficient (Wildman–Crippen LogP) is 1.72. The van der Waals surface area contributed by atoms with Gasteiger partial charge in [-0.2, -0.15) is 0 Å². The first-order chi connectivity index (χ1) is 9.58. The Bertz CT molecular complexity index is 483. The first kappa shape index (κ1) is 19.7. The molecule has 1 rings (SSSR count). The van der Waals surface area contributed by atoms with Crippen LogP contribution < -0.4 is 10.6 Å². The molecule has 0 unspecified atom stereocenters. The molecule has 1 aromatic rings. The van der Waals surface area contributed by atoms with Crippen LogP contribution in [0.25, 0.3) is 0 Å². The highest BCUT2D eigenvalue weighted by Gasteiger charge is 2.11. The highest BCUT2D eigenvalue weighted by molar-refractivity contribution is 6.34. The van der Waals surface area contributed by atoms with Gasteiger partial charge in [0.2, 0.25) is 5.91 Å². The van der Waals surface area contributed by atoms with Crippen molar-refractivity contribution >= 4 is 41.6 Å². The molecule has 0 atom stereocenters. The average molecular weight is 337 g/mol. The molecule has 0 aliphatic carbocycles. The minimum atomic E-state index is -0.519. The van der Waals surface area contributed by atoms with Crippen molar-refractivity contribution in [1.29, 1.82) is 0 Å². The van der Waals surface area contributed by atoms with Gasteiger partial charge in [-0.25, -0.2) is 4.79 Å². The lowest BCUT2D eigenvalue weighted by atomic mass is 10.2. The van der Waals surface area contributed by atoms with Gasteiger partial charge in [0.1, 0.15) is 0 Å². The number of esters is 1. The van der Waals surface area contributed by atoms with Crippen LogP contribution in [0, 0.1) is 0 Å². The van der Waals surface area contributed by atoms with E-state index in [-0.39, 0.29) is 35.4 Å². The minimum absolute atomic E-state index is 0. The van der Waals surface area contributed by atoms with Gasteiger partial charge in [-0.05, 0) is 18.2 Å². The number of benzene rings is 1. The zero-order valence-corrected chi connectivity index (χ0v) is 13.3. The highest BCUT2D eigenvalue weighted by atomic mass is 35.5. The molecule has 2 N–H and O–H groups in total. The number of hydrogen-bond acceptors (Lipinski definition) is 5. The quantitative estimate of drug-likeness (QED) is 0.585. The second-order valence-corrected chi connectivity index (χ2v) is 4.31. The maximum absolute atomic E-state index is 11.6. The molecule has 0 heterocycles. The Morgan fingerprint density at radius 3 is 2.57 bits per heavy atom. The van der Waals surface area contributed by atoms with E-state index in [0.29, 0.717) is 18.8 Å². The van der Waals surface area contributed by atoms with Crippen molar-refractivity contribution in [2.24, 2.45) is 0 Å². The Hall–Kier alpha value is -1.34. The van der Waals surface area contributed by atoms with Crippen LogP contribution in [-0.2, 0) is 14.3 Å². The number of halogens is 2. The van der Waals surface area contributed by atoms with Crippen LogP contribution in [0.4, 0.5) is 5.69 Å². The zero-order chi connectivity index (χ0) is 15.0. The third-order valence-electron chi connectivity index (χ3n) is 2.43. The van der Waals surface area contributed by atoms with E-state index in [4.69, 9.17) is 16.3 Å². The second kappa shape index (κ2) is 10.4. The molecule has 118 valence electrons. The van der Waals surface area contributed by atoms with Crippen molar-refractivity contribution in [3.8, 4) is 0 Å². The standard InChI is InChI=1S/C13H17ClN2O4.ClH/c1-19-6-5-15-8-12(17)16-9-3-4-10(11(14)7-9)13(18)20-2;/h3-4,7,15H,5-6,8H2,1-2H3,(H,16,17);1H. The molecule has 0 spiro atoms. The molecule has 0 aliphatic rings. The summed E-state index contributed by atoms with van der Waals surface area (Å²) < 4.78 is 9.43. The Morgan fingerprint density at radius 2 is 2.00 bits per heavy atom. The second-order valence-electron chi connectivity index (χ2n) is 3.90. The molecule has 0 aromatic heterocycles. The lowest BCUT2D eigenvalue weighted by Crippen LogP contribution is -2.30. The molecular weight excluding hydrogens is 319 g/mol. The molecule has 8 heteroatoms. The molecule has 6 nitrogen and oxygen atoms in total. The Morgan fingerprint density at radius 1 is 1.29 bits per heavy atom. The Labute approximate surface area is 134 Å². The van der Waals surface area contributed by atoms with E-state index < -0.39 is 5.97 Å². The number of carbonyl (C=O) groups excluding carboxylic acids is 2. The predicted molar refractivity (Wildman–Crippen MR) is 83.4 cm³/mol. The van der Waals surface area contributed by atoms with Gasteiger partial charge >= 0.3 is 5.97 Å². The summed E-state index contributed by atoms with van der Waals surface area (Å²) >= 11 is 5.95. The average Bonchev–Trinajstić information content (AvgIpc) is 2.43. The van der Waals surface area contributed by atoms with Crippen LogP contribution in [0.3, 0.4) is 0 Å². The van der Waals surface area contributed by atoms with Crippen molar-refractivity contribution in [3.63, 3.8) is 0 Å². The van der Waals surface area contributed by atoms with E-state index in [1.165, 1.54) is 19.2 Å². The largest absolute Gasteiger partial charge is 0.465 e. The van der Waals surface area contributed by atoms with E-state index in [1.54, 1.807) is 13.2 Å². The molecule has 0 saturated heterocycles. The van der Waals surface area contributed by atoms with Gasteiger partial charge in [0.15, 0.2) is 0 Å². The molecule has 0 radical (unpaired) electrons. The van der Waals surface area contributed by atoms with Crippen LogP contribution >= 0.6 is 24.0 Å². The summed E-state index contributed by atoms with van der Waals surface area (Å²) in [6.07, 6.45) is 0. The summed E-state index contributed by atoms with van der Waals surface area (Å²) in [5.74, 6) is -0.725. The third-order valence-corrected chi connectivity index (χ3v) is 2.74. The number of rotatable bonds is 7. The van der Waals surface area contributed by atoms with Crippen molar-refractivity contribution in [2.45, 2.75) is 0 Å². The first-order valence-corrected chi connectivity index (χ1v) is 6.33. The van der Waals surface area contributed by atoms with Gasteiger partial charge in [-0.1, -0.05) is 11.6 Å². The monoisotopic (exact) mass is 336 g/mol. The molecule has 0 bridgehead atoms. The van der Waals surface area contributed by atoms with Crippen LogP contribution in [-0.4, -0.2) is 45.8 Å². The summed E-state index contributed by atoms with van der Waals surface area (Å²) in [6.45, 7) is 1.29. The number of hydrogen-bond donors (Lipinski definition) is 2. The molecular formula is C13H18Cl2N2O4. The number of carbonyl (C=O) groups is 2. The molecule has 1 amide bonds. The van der Waals surface area contributed by atoms with Gasteiger partial charge in [-0.3, -0.25) is 4.79 Å². The van der Waals surface area contributed by atoms with Gasteiger partial charge in [0.25, 0.3) is 0 Å². The topological polar surface area (TPSA) is 76.7 Å². The number of nitrogens with one attached hydrogen (secondary N) is 2. The Kier molecular flexibility index (Phi) is 9.73. The van der Waals surface area contributed by atoms with E-state index in [9.17, 15) is 9.59 Å². The summed E-state index contributed by atoms with van der Waals surface area (Å²) in [6, 6.07) is 4.59. The molecule has 1 aromatic carbocycles. The first-order valence-electron chi connectivity index (χ1n) is 5.96. The fourth-order valence-electron chi connectivity index (χ4n) is 1.45. The summed E-state index contributed by atoms with van der Waals surface area (Å²) in [7, 11) is 2.87. The Balaban J connectivity index is 0.00000400. The fraction of sp³-hybridized carbons (Fsp3) is 0.385. The summed E-state index contributed by atoms with van der Waals surface area (Å²) in [4.78, 5) is 23.0. The maximum atomic E-state index is 11.6. The van der Waals surface area contributed by atoms with Crippen LogP contribution in [0.5, 0.6) is 0 Å². The normalized spacial score (nSPS) is 9.67. The van der Waals surface area contributed by atoms with Crippen molar-refractivity contribution in [2.75, 3.05) is 39.2 Å². The molecule has 0 aliphatic heterocycles. The van der Waals surface area contributed by atoms with Crippen LogP contribution in [0.2, 0.25) is 5.02 Å². The molecule has 0 saturated carbocycles. The lowest BCUT2D eigenvalue weighted by Gasteiger charge is -2.08. The maximum Gasteiger partial charge on any atom is 0.339 e. The molecule has 21 heavy (non-hydrogen) atoms. The van der Waals surface area contributed by atoms with E-state index in [1.807, 2.05) is 0 Å².